The predicted molar refractivity (Wildman–Crippen MR) is 324 cm³/mol. The molecule has 0 aliphatic carbocycles. The molecule has 16 heteroatoms. The number of carbonyl (C=O) groups excluding carboxylic acids is 2. The molecule has 0 spiro atoms. The van der Waals surface area contributed by atoms with Crippen LogP contribution in [0.5, 0.6) is 28.7 Å². The first-order chi connectivity index (χ1) is 35.8. The third-order valence-electron chi connectivity index (χ3n) is 8.92. The highest BCUT2D eigenvalue weighted by Crippen LogP contribution is 2.23. The number of benzene rings is 5. The molecule has 0 aliphatic rings. The van der Waals surface area contributed by atoms with Crippen LogP contribution in [0, 0.1) is 34.9 Å². The maximum atomic E-state index is 11.1. The number of phenolic OH excluding ortho intramolecular Hbond substituents is 1. The highest BCUT2D eigenvalue weighted by atomic mass is 127. The first-order valence-electron chi connectivity index (χ1n) is 24.2. The van der Waals surface area contributed by atoms with E-state index in [1.54, 1.807) is 19.1 Å². The van der Waals surface area contributed by atoms with Crippen molar-refractivity contribution in [2.45, 2.75) is 118 Å². The summed E-state index contributed by atoms with van der Waals surface area (Å²) in [4.78, 5) is 21.1. The second-order valence-corrected chi connectivity index (χ2v) is 19.0. The molecule has 0 saturated carbocycles. The maximum absolute atomic E-state index is 11.1. The molecule has 0 saturated heterocycles. The molecule has 5 aromatic carbocycles. The summed E-state index contributed by atoms with van der Waals surface area (Å²) < 4.78 is 33.6. The van der Waals surface area contributed by atoms with E-state index in [1.165, 1.54) is 39.5 Å². The lowest BCUT2D eigenvalue weighted by molar-refractivity contribution is -0.149. The molecule has 0 aromatic heterocycles. The summed E-state index contributed by atoms with van der Waals surface area (Å²) >= 11 is 6.43. The average Bonchev–Trinajstić information content (AvgIpc) is 3.42. The molecule has 0 aliphatic heterocycles. The normalized spacial score (nSPS) is 11.5. The van der Waals surface area contributed by atoms with Crippen molar-refractivity contribution in [2.75, 3.05) is 34.0 Å². The number of unbranched alkanes of at least 4 members (excludes halogenated alkanes) is 1. The summed E-state index contributed by atoms with van der Waals surface area (Å²) in [6.45, 7) is 14.8. The van der Waals surface area contributed by atoms with Crippen LogP contribution in [0.4, 0.5) is 0 Å². The fraction of sp³-hybridized carbons (Fsp3) is 0.390. The number of rotatable bonds is 16. The molecule has 75 heavy (non-hydrogen) atoms. The number of aliphatic hydroxyl groups is 4. The number of halogens is 3. The van der Waals surface area contributed by atoms with Crippen LogP contribution in [0.25, 0.3) is 0 Å². The van der Waals surface area contributed by atoms with Crippen molar-refractivity contribution < 1.29 is 63.5 Å². The number of para-hydroxylation sites is 5. The van der Waals surface area contributed by atoms with E-state index in [1.807, 2.05) is 138 Å². The van der Waals surface area contributed by atoms with E-state index in [9.17, 15) is 9.59 Å². The van der Waals surface area contributed by atoms with Gasteiger partial charge in [0.25, 0.3) is 0 Å². The van der Waals surface area contributed by atoms with Crippen LogP contribution in [0.15, 0.2) is 121 Å². The number of hydrogen-bond donors (Lipinski definition) is 5. The van der Waals surface area contributed by atoms with Gasteiger partial charge in [0.15, 0.2) is 6.10 Å². The molecule has 13 nitrogen and oxygen atoms in total. The average molecular weight is 1370 g/mol. The van der Waals surface area contributed by atoms with E-state index in [-0.39, 0.29) is 44.1 Å². The molecule has 0 amide bonds. The number of aliphatic hydroxyl groups excluding tert-OH is 4. The van der Waals surface area contributed by atoms with Crippen molar-refractivity contribution in [1.29, 1.82) is 0 Å². The lowest BCUT2D eigenvalue weighted by atomic mass is 10.1. The fourth-order valence-corrected chi connectivity index (χ4v) is 6.33. The van der Waals surface area contributed by atoms with Gasteiger partial charge in [0.05, 0.1) is 50.3 Å². The minimum atomic E-state index is -0.995. The van der Waals surface area contributed by atoms with Gasteiger partial charge in [-0.3, -0.25) is 0 Å². The highest BCUT2D eigenvalue weighted by molar-refractivity contribution is 14.1. The van der Waals surface area contributed by atoms with Crippen LogP contribution in [0.1, 0.15) is 92.2 Å². The third kappa shape index (κ3) is 36.0. The Bertz CT molecular complexity index is 2360. The standard InChI is InChI=1S/C13H20O2.C13H16O2.C10H11IO3.C9H11IO2.C6H5IO.C4H8O3.C4H6/c2*1-3-4-7-12-8-5-6-9-13(12)15-11(2)10-14;1-7(10(12)13-2)14-9-6-4-3-5-8(9)11;1-7(6-11)12-9-5-3-2-4-8(9)10;7-5-3-1-2-4-6(5)8;1-3(5)4(6)7-2;1-3-4-2/h5-6,8-9,11,14H,3-4,7,10H2,1-2H3;5-6,8-9,11,14H,3,10H2,1-2H3;3-7H,1-2H3;2-5,7,11H,6H2,1H3;1-4,8H;3,5H,1-2H3;1H,4H2,2H3/t2*11-;2*7-;;3-;/m1111.0./s1. The summed E-state index contributed by atoms with van der Waals surface area (Å²) in [6.07, 6.45) is 7.82. The number of terminal acetylenes is 1. The molecule has 0 bridgehead atoms. The topological polar surface area (TPSA) is 191 Å². The van der Waals surface area contributed by atoms with Gasteiger partial charge in [0.2, 0.25) is 0 Å². The van der Waals surface area contributed by atoms with Gasteiger partial charge >= 0.3 is 11.9 Å². The van der Waals surface area contributed by atoms with Gasteiger partial charge in [0.1, 0.15) is 53.2 Å². The molecule has 412 valence electrons. The van der Waals surface area contributed by atoms with Gasteiger partial charge in [-0.05, 0) is 175 Å². The molecule has 5 aromatic rings. The Morgan fingerprint density at radius 1 is 0.560 bits per heavy atom. The van der Waals surface area contributed by atoms with Crippen molar-refractivity contribution in [3.05, 3.63) is 143 Å². The highest BCUT2D eigenvalue weighted by Gasteiger charge is 2.15. The fourth-order valence-electron chi connectivity index (χ4n) is 4.92. The zero-order valence-electron chi connectivity index (χ0n) is 44.8. The van der Waals surface area contributed by atoms with Gasteiger partial charge in [-0.15, -0.1) is 12.3 Å². The molecule has 0 heterocycles. The summed E-state index contributed by atoms with van der Waals surface area (Å²) in [6, 6.07) is 38.1. The first-order valence-corrected chi connectivity index (χ1v) is 27.4. The van der Waals surface area contributed by atoms with Crippen LogP contribution in [-0.4, -0.2) is 102 Å². The Kier molecular flexibility index (Phi) is 44.8. The van der Waals surface area contributed by atoms with Gasteiger partial charge < -0.3 is 54.0 Å². The van der Waals surface area contributed by atoms with E-state index in [0.717, 1.165) is 52.8 Å². The largest absolute Gasteiger partial charge is 0.507 e. The zero-order valence-corrected chi connectivity index (χ0v) is 51.3. The van der Waals surface area contributed by atoms with Gasteiger partial charge in [-0.2, -0.15) is 0 Å². The monoisotopic (exact) mass is 1370 g/mol. The minimum Gasteiger partial charge on any atom is -0.507 e. The molecular formula is C59H77I3O13. The Morgan fingerprint density at radius 3 is 1.35 bits per heavy atom. The molecule has 0 fully saturated rings. The number of aryl methyl sites for hydroxylation is 1. The van der Waals surface area contributed by atoms with E-state index in [4.69, 9.17) is 50.9 Å². The first kappa shape index (κ1) is 72.3. The molecule has 5 atom stereocenters. The quantitative estimate of drug-likeness (QED) is 0.0357. The van der Waals surface area contributed by atoms with Crippen molar-refractivity contribution in [1.82, 2.24) is 0 Å². The molecule has 0 radical (unpaired) electrons. The molecule has 5 N–H and O–H groups in total. The SMILES string of the molecule is C#CCC.CCC#Cc1ccccc1O[C@H](C)CO.CCCCc1ccccc1O[C@H](C)CO.COC(=O)[C@@H](C)Oc1ccccc1I.COC(=O)[C@H](C)O.C[C@H](CO)Oc1ccccc1I.Oc1ccccc1I. The third-order valence-corrected chi connectivity index (χ3v) is 11.6. The van der Waals surface area contributed by atoms with Crippen molar-refractivity contribution in [2.24, 2.45) is 0 Å². The summed E-state index contributed by atoms with van der Waals surface area (Å²) in [7, 11) is 2.58. The van der Waals surface area contributed by atoms with E-state index >= 15 is 0 Å². The van der Waals surface area contributed by atoms with Crippen LogP contribution in [0.2, 0.25) is 0 Å². The van der Waals surface area contributed by atoms with E-state index in [0.29, 0.717) is 11.5 Å². The zero-order chi connectivity index (χ0) is 57.0. The number of carbonyl (C=O) groups is 2. The summed E-state index contributed by atoms with van der Waals surface area (Å²) in [5, 5.41) is 43.9. The Balaban J connectivity index is 0. The predicted octanol–water partition coefficient (Wildman–Crippen LogP) is 11.8. The molecular weight excluding hydrogens is 1300 g/mol. The Morgan fingerprint density at radius 2 is 0.960 bits per heavy atom. The van der Waals surface area contributed by atoms with E-state index < -0.39 is 18.2 Å². The number of hydrogen-bond acceptors (Lipinski definition) is 13. The molecule has 0 unspecified atom stereocenters. The van der Waals surface area contributed by atoms with Crippen LogP contribution in [0.3, 0.4) is 0 Å². The lowest BCUT2D eigenvalue weighted by Gasteiger charge is -2.15. The number of methoxy groups -OCH3 is 2. The smallest absolute Gasteiger partial charge is 0.346 e. The Hall–Kier alpha value is -4.81. The van der Waals surface area contributed by atoms with Crippen molar-refractivity contribution in [3.63, 3.8) is 0 Å². The minimum absolute atomic E-state index is 0.00946. The maximum Gasteiger partial charge on any atom is 0.346 e. The number of phenols is 1. The van der Waals surface area contributed by atoms with Crippen LogP contribution in [-0.2, 0) is 25.5 Å². The van der Waals surface area contributed by atoms with Crippen molar-refractivity contribution in [3.8, 4) is 52.9 Å². The van der Waals surface area contributed by atoms with E-state index in [2.05, 4.69) is 108 Å². The van der Waals surface area contributed by atoms with Gasteiger partial charge in [0, 0.05) is 12.8 Å². The van der Waals surface area contributed by atoms with Crippen LogP contribution < -0.4 is 18.9 Å². The lowest BCUT2D eigenvalue weighted by Crippen LogP contribution is -2.25. The summed E-state index contributed by atoms with van der Waals surface area (Å²) in [5.41, 5.74) is 2.11. The van der Waals surface area contributed by atoms with Gasteiger partial charge in [-0.25, -0.2) is 9.59 Å². The van der Waals surface area contributed by atoms with Crippen molar-refractivity contribution >= 4 is 79.7 Å². The van der Waals surface area contributed by atoms with Crippen LogP contribution >= 0.6 is 67.8 Å². The number of aromatic hydroxyl groups is 1. The second-order valence-electron chi connectivity index (χ2n) is 15.5. The Labute approximate surface area is 487 Å². The van der Waals surface area contributed by atoms with Gasteiger partial charge in [-0.1, -0.05) is 106 Å². The number of esters is 2. The summed E-state index contributed by atoms with van der Waals surface area (Å²) in [5.74, 6) is 11.0. The second kappa shape index (κ2) is 46.5. The molecule has 5 rings (SSSR count). The number of ether oxygens (including phenoxy) is 6.